The van der Waals surface area contributed by atoms with E-state index < -0.39 is 36.9 Å². The number of rotatable bonds is 16. The summed E-state index contributed by atoms with van der Waals surface area (Å²) in [6, 6.07) is 38.2. The van der Waals surface area contributed by atoms with Crippen molar-refractivity contribution < 1.29 is 33.2 Å². The minimum absolute atomic E-state index is 0.216. The largest absolute Gasteiger partial charge is 0.445 e. The minimum atomic E-state index is -0.856. The number of hydrogen-bond donors (Lipinski definition) is 0. The van der Waals surface area contributed by atoms with E-state index in [9.17, 15) is 10.3 Å². The van der Waals surface area contributed by atoms with Crippen molar-refractivity contribution >= 4 is 6.09 Å². The van der Waals surface area contributed by atoms with Gasteiger partial charge in [0.25, 0.3) is 0 Å². The van der Waals surface area contributed by atoms with Crippen molar-refractivity contribution in [1.82, 2.24) is 4.90 Å². The van der Waals surface area contributed by atoms with Crippen LogP contribution in [-0.4, -0.2) is 61.4 Å². The van der Waals surface area contributed by atoms with Gasteiger partial charge in [0, 0.05) is 30.2 Å². The molecular formula is C40H44N4O7. The van der Waals surface area contributed by atoms with Crippen molar-refractivity contribution in [1.29, 1.82) is 0 Å². The highest BCUT2D eigenvalue weighted by molar-refractivity contribution is 5.67. The predicted molar refractivity (Wildman–Crippen MR) is 190 cm³/mol. The molecule has 266 valence electrons. The van der Waals surface area contributed by atoms with Crippen LogP contribution in [0.15, 0.2) is 126 Å². The van der Waals surface area contributed by atoms with Gasteiger partial charge in [0.05, 0.1) is 13.2 Å². The van der Waals surface area contributed by atoms with E-state index in [2.05, 4.69) is 10.0 Å². The lowest BCUT2D eigenvalue weighted by atomic mass is 9.96. The van der Waals surface area contributed by atoms with Crippen LogP contribution in [0.2, 0.25) is 0 Å². The molecule has 2 saturated heterocycles. The van der Waals surface area contributed by atoms with E-state index in [-0.39, 0.29) is 19.3 Å². The zero-order valence-electron chi connectivity index (χ0n) is 28.5. The van der Waals surface area contributed by atoms with Gasteiger partial charge in [0.1, 0.15) is 31.0 Å². The molecular weight excluding hydrogens is 648 g/mol. The van der Waals surface area contributed by atoms with Gasteiger partial charge >= 0.3 is 6.09 Å². The first kappa shape index (κ1) is 36.1. The van der Waals surface area contributed by atoms with Gasteiger partial charge in [-0.1, -0.05) is 126 Å². The Hall–Kier alpha value is -4.74. The van der Waals surface area contributed by atoms with Crippen LogP contribution in [0.25, 0.3) is 10.4 Å². The van der Waals surface area contributed by atoms with Gasteiger partial charge in [0.2, 0.25) is 0 Å². The average Bonchev–Trinajstić information content (AvgIpc) is 3.19. The summed E-state index contributed by atoms with van der Waals surface area (Å²) in [6.07, 6.45) is -1.27. The molecule has 2 heterocycles. The minimum Gasteiger partial charge on any atom is -0.445 e. The van der Waals surface area contributed by atoms with Crippen molar-refractivity contribution in [2.24, 2.45) is 5.11 Å². The van der Waals surface area contributed by atoms with Gasteiger partial charge in [0.15, 0.2) is 12.6 Å². The van der Waals surface area contributed by atoms with Gasteiger partial charge in [-0.3, -0.25) is 0 Å². The summed E-state index contributed by atoms with van der Waals surface area (Å²) in [7, 11) is 0. The number of carbonyl (C=O) groups is 1. The molecule has 2 aliphatic heterocycles. The highest BCUT2D eigenvalue weighted by Gasteiger charge is 2.51. The molecule has 11 nitrogen and oxygen atoms in total. The molecule has 6 atom stereocenters. The van der Waals surface area contributed by atoms with E-state index in [1.165, 1.54) is 0 Å². The number of amides is 1. The van der Waals surface area contributed by atoms with Crippen molar-refractivity contribution in [3.8, 4) is 0 Å². The monoisotopic (exact) mass is 692 g/mol. The zero-order valence-corrected chi connectivity index (χ0v) is 28.5. The topological polar surface area (TPSA) is 124 Å². The average molecular weight is 693 g/mol. The number of azide groups is 1. The second-order valence-corrected chi connectivity index (χ2v) is 12.6. The number of fused-ring (bicyclic) bond motifs is 1. The van der Waals surface area contributed by atoms with Gasteiger partial charge in [-0.25, -0.2) is 4.79 Å². The van der Waals surface area contributed by atoms with E-state index in [1.807, 2.05) is 121 Å². The molecule has 1 amide bonds. The second kappa shape index (κ2) is 19.0. The maximum absolute atomic E-state index is 13.1. The fourth-order valence-electron chi connectivity index (χ4n) is 6.25. The summed E-state index contributed by atoms with van der Waals surface area (Å²) >= 11 is 0. The first-order valence-electron chi connectivity index (χ1n) is 17.5. The third kappa shape index (κ3) is 10.4. The van der Waals surface area contributed by atoms with Gasteiger partial charge in [-0.15, -0.1) is 0 Å². The molecule has 0 radical (unpaired) electrons. The molecule has 0 aliphatic carbocycles. The maximum atomic E-state index is 13.1. The number of nitrogens with zero attached hydrogens (tertiary/aromatic N) is 4. The molecule has 51 heavy (non-hydrogen) atoms. The lowest BCUT2D eigenvalue weighted by Gasteiger charge is -2.48. The number of carbonyl (C=O) groups excluding carboxylic acids is 1. The quantitative estimate of drug-likeness (QED) is 0.0503. The summed E-state index contributed by atoms with van der Waals surface area (Å²) in [5.41, 5.74) is 13.4. The molecule has 6 rings (SSSR count). The summed E-state index contributed by atoms with van der Waals surface area (Å²) in [5.74, 6) is 0. The molecule has 4 aromatic carbocycles. The first-order chi connectivity index (χ1) is 25.2. The summed E-state index contributed by atoms with van der Waals surface area (Å²) < 4.78 is 37.2. The van der Waals surface area contributed by atoms with E-state index in [1.54, 1.807) is 4.90 Å². The molecule has 0 spiro atoms. The molecule has 0 N–H and O–H groups in total. The van der Waals surface area contributed by atoms with Crippen LogP contribution in [0, 0.1) is 0 Å². The van der Waals surface area contributed by atoms with Crippen LogP contribution in [0.5, 0.6) is 0 Å². The van der Waals surface area contributed by atoms with Crippen molar-refractivity contribution in [2.75, 3.05) is 19.8 Å². The molecule has 0 saturated carbocycles. The van der Waals surface area contributed by atoms with Crippen LogP contribution in [0.1, 0.15) is 47.8 Å². The smallest absolute Gasteiger partial charge is 0.410 e. The van der Waals surface area contributed by atoms with Crippen molar-refractivity contribution in [3.05, 3.63) is 154 Å². The summed E-state index contributed by atoms with van der Waals surface area (Å²) in [4.78, 5) is 18.0. The number of ether oxygens (including phenoxy) is 6. The summed E-state index contributed by atoms with van der Waals surface area (Å²) in [6.45, 7) is 2.11. The van der Waals surface area contributed by atoms with Gasteiger partial charge < -0.3 is 33.3 Å². The fraction of sp³-hybridized carbons (Fsp3) is 0.375. The first-order valence-corrected chi connectivity index (χ1v) is 17.5. The highest BCUT2D eigenvalue weighted by Crippen LogP contribution is 2.37. The standard InChI is InChI=1S/C40H44N4O7/c41-43-42-35-37(47-27-31-18-8-2-9-19-31)36-34(29-48-38(51-36)33-22-12-4-13-23-33)50-39(35)46-25-15-5-14-24-44(26-30-16-6-1-7-17-30)40(45)49-28-32-20-10-3-11-21-32/h1-4,6-13,16-23,34-39H,5,14-15,24-29H2/t34-,35-,36-,37-,38-,39+/m1/s1. The SMILES string of the molecule is [N-]=[N+]=N[C@H]1[C@@H](OCCCCCN(Cc2ccccc2)C(=O)OCc2ccccc2)O[C@@H]2CO[C@@H](c3ccccc3)O[C@H]2[C@@H]1OCc1ccccc1. The Morgan fingerprint density at radius 2 is 1.39 bits per heavy atom. The Morgan fingerprint density at radius 3 is 2.06 bits per heavy atom. The Labute approximate surface area is 298 Å². The Morgan fingerprint density at radius 1 is 0.765 bits per heavy atom. The normalized spacial score (nSPS) is 22.7. The van der Waals surface area contributed by atoms with Gasteiger partial charge in [-0.2, -0.15) is 0 Å². The Kier molecular flexibility index (Phi) is 13.5. The third-order valence-electron chi connectivity index (χ3n) is 8.88. The molecule has 2 aliphatic rings. The Balaban J connectivity index is 1.05. The van der Waals surface area contributed by atoms with Crippen LogP contribution in [0.3, 0.4) is 0 Å². The van der Waals surface area contributed by atoms with Crippen LogP contribution < -0.4 is 0 Å². The molecule has 0 aromatic heterocycles. The van der Waals surface area contributed by atoms with Crippen LogP contribution in [-0.2, 0) is 48.2 Å². The lowest BCUT2D eigenvalue weighted by molar-refractivity contribution is -0.347. The van der Waals surface area contributed by atoms with Crippen LogP contribution >= 0.6 is 0 Å². The van der Waals surface area contributed by atoms with Gasteiger partial charge in [-0.05, 0) is 41.5 Å². The molecule has 0 bridgehead atoms. The summed E-state index contributed by atoms with van der Waals surface area (Å²) in [5, 5.41) is 4.11. The fourth-order valence-corrected chi connectivity index (χ4v) is 6.25. The highest BCUT2D eigenvalue weighted by atomic mass is 16.7. The van der Waals surface area contributed by atoms with E-state index in [4.69, 9.17) is 28.4 Å². The molecule has 4 aromatic rings. The number of hydrogen-bond acceptors (Lipinski definition) is 8. The zero-order chi connectivity index (χ0) is 35.1. The van der Waals surface area contributed by atoms with E-state index in [0.717, 1.165) is 35.1 Å². The lowest BCUT2D eigenvalue weighted by Crippen LogP contribution is -2.62. The number of unbranched alkanes of at least 4 members (excludes halogenated alkanes) is 2. The molecule has 0 unspecified atom stereocenters. The third-order valence-corrected chi connectivity index (χ3v) is 8.88. The second-order valence-electron chi connectivity index (χ2n) is 12.6. The maximum Gasteiger partial charge on any atom is 0.410 e. The molecule has 2 fully saturated rings. The Bertz CT molecular complexity index is 1660. The van der Waals surface area contributed by atoms with Crippen molar-refractivity contribution in [3.63, 3.8) is 0 Å². The van der Waals surface area contributed by atoms with E-state index >= 15 is 0 Å². The van der Waals surface area contributed by atoms with Crippen molar-refractivity contribution in [2.45, 2.75) is 76.0 Å². The predicted octanol–water partition coefficient (Wildman–Crippen LogP) is 8.12. The number of benzene rings is 4. The molecule has 11 heteroatoms. The van der Waals surface area contributed by atoms with Crippen LogP contribution in [0.4, 0.5) is 4.79 Å². The van der Waals surface area contributed by atoms with E-state index in [0.29, 0.717) is 32.7 Å².